The highest BCUT2D eigenvalue weighted by atomic mass is 16.5. The van der Waals surface area contributed by atoms with Crippen LogP contribution in [0.1, 0.15) is 45.4 Å². The number of carbonyl (C=O) groups is 2. The number of rotatable bonds is 8. The van der Waals surface area contributed by atoms with Crippen LogP contribution in [0.2, 0.25) is 0 Å². The zero-order valence-electron chi connectivity index (χ0n) is 13.0. The number of hydrogen-bond donors (Lipinski definition) is 3. The fraction of sp³-hybridized carbons (Fsp3) is 0.500. The summed E-state index contributed by atoms with van der Waals surface area (Å²) in [7, 11) is 1.91. The summed E-state index contributed by atoms with van der Waals surface area (Å²) in [5.74, 6) is 0. The van der Waals surface area contributed by atoms with Gasteiger partial charge in [0.25, 0.3) is 0 Å². The molecule has 0 bridgehead atoms. The highest BCUT2D eigenvalue weighted by Crippen LogP contribution is 2.03. The van der Waals surface area contributed by atoms with Gasteiger partial charge in [-0.2, -0.15) is 0 Å². The molecule has 0 aromatic heterocycles. The van der Waals surface area contributed by atoms with Gasteiger partial charge in [-0.1, -0.05) is 50.8 Å². The smallest absolute Gasteiger partial charge is 0.230 e. The predicted molar refractivity (Wildman–Crippen MR) is 86.4 cm³/mol. The molecule has 120 valence electrons. The Bertz CT molecular complexity index is 319. The molecule has 0 atom stereocenters. The van der Waals surface area contributed by atoms with Crippen LogP contribution in [0, 0.1) is 0 Å². The molecule has 3 N–H and O–H groups in total. The molecular weight excluding hydrogens is 268 g/mol. The number of para-hydroxylation sites is 1. The van der Waals surface area contributed by atoms with Gasteiger partial charge in [-0.05, 0) is 18.6 Å². The van der Waals surface area contributed by atoms with E-state index >= 15 is 0 Å². The maximum absolute atomic E-state index is 9.84. The third-order valence-corrected chi connectivity index (χ3v) is 2.54. The van der Waals surface area contributed by atoms with E-state index in [9.17, 15) is 4.79 Å². The van der Waals surface area contributed by atoms with Gasteiger partial charge in [-0.25, -0.2) is 5.48 Å². The summed E-state index contributed by atoms with van der Waals surface area (Å²) in [6.45, 7) is 2.19. The van der Waals surface area contributed by atoms with E-state index in [1.54, 1.807) is 0 Å². The van der Waals surface area contributed by atoms with Gasteiger partial charge in [-0.3, -0.25) is 10.0 Å². The Balaban J connectivity index is 0. The number of aldehydes is 1. The van der Waals surface area contributed by atoms with Gasteiger partial charge in [0.1, 0.15) is 6.29 Å². The highest BCUT2D eigenvalue weighted by Gasteiger charge is 1.85. The van der Waals surface area contributed by atoms with E-state index in [0.29, 0.717) is 0 Å². The van der Waals surface area contributed by atoms with Crippen LogP contribution < -0.4 is 10.8 Å². The number of unbranched alkanes of at least 4 members (excludes halogenated alkanes) is 5. The Morgan fingerprint density at radius 3 is 2.00 bits per heavy atom. The number of anilines is 1. The van der Waals surface area contributed by atoms with Crippen molar-refractivity contribution in [2.24, 2.45) is 0 Å². The lowest BCUT2D eigenvalue weighted by atomic mass is 10.1. The third-order valence-electron chi connectivity index (χ3n) is 2.54. The molecule has 1 amide bonds. The fourth-order valence-electron chi connectivity index (χ4n) is 1.44. The molecule has 0 fully saturated rings. The minimum Gasteiger partial charge on any atom is -0.388 e. The van der Waals surface area contributed by atoms with Crippen molar-refractivity contribution in [2.75, 3.05) is 12.4 Å². The van der Waals surface area contributed by atoms with Crippen LogP contribution in [0.5, 0.6) is 0 Å². The first-order chi connectivity index (χ1) is 10.3. The van der Waals surface area contributed by atoms with Crippen LogP contribution in [0.4, 0.5) is 5.69 Å². The van der Waals surface area contributed by atoms with E-state index in [1.807, 2.05) is 37.4 Å². The van der Waals surface area contributed by atoms with E-state index in [-0.39, 0.29) is 6.41 Å². The molecule has 0 aliphatic rings. The second-order valence-corrected chi connectivity index (χ2v) is 4.23. The second kappa shape index (κ2) is 20.4. The molecule has 0 unspecified atom stereocenters. The average molecular weight is 296 g/mol. The number of carbonyl (C=O) groups excluding carboxylic acids is 2. The molecule has 0 radical (unpaired) electrons. The molecule has 21 heavy (non-hydrogen) atoms. The molecule has 0 spiro atoms. The van der Waals surface area contributed by atoms with Crippen LogP contribution in [0.3, 0.4) is 0 Å². The zero-order chi connectivity index (χ0) is 16.2. The lowest BCUT2D eigenvalue weighted by Gasteiger charge is -1.94. The Morgan fingerprint density at radius 1 is 1.05 bits per heavy atom. The summed E-state index contributed by atoms with van der Waals surface area (Å²) in [5.41, 5.74) is 2.41. The first kappa shape index (κ1) is 21.4. The van der Waals surface area contributed by atoms with Crippen molar-refractivity contribution in [3.8, 4) is 0 Å². The first-order valence-corrected chi connectivity index (χ1v) is 7.26. The van der Waals surface area contributed by atoms with E-state index in [4.69, 9.17) is 10.0 Å². The van der Waals surface area contributed by atoms with E-state index in [0.717, 1.165) is 24.8 Å². The predicted octanol–water partition coefficient (Wildman–Crippen LogP) is 3.40. The molecule has 5 heteroatoms. The minimum atomic E-state index is 0.181. The lowest BCUT2D eigenvalue weighted by molar-refractivity contribution is -0.116. The van der Waals surface area contributed by atoms with Crippen molar-refractivity contribution >= 4 is 18.4 Å². The summed E-state index contributed by atoms with van der Waals surface area (Å²) in [4.78, 5) is 18.7. The van der Waals surface area contributed by atoms with Gasteiger partial charge in [0, 0.05) is 19.2 Å². The number of hydroxylamine groups is 1. The van der Waals surface area contributed by atoms with E-state index in [1.165, 1.54) is 31.2 Å². The van der Waals surface area contributed by atoms with Crippen molar-refractivity contribution < 1.29 is 14.8 Å². The molecule has 0 saturated carbocycles. The molecule has 0 aliphatic heterocycles. The number of amides is 1. The fourth-order valence-corrected chi connectivity index (χ4v) is 1.44. The van der Waals surface area contributed by atoms with Gasteiger partial charge >= 0.3 is 0 Å². The van der Waals surface area contributed by atoms with Crippen LogP contribution in [-0.4, -0.2) is 25.0 Å². The zero-order valence-corrected chi connectivity index (χ0v) is 13.0. The number of nitrogens with one attached hydrogen (secondary N) is 2. The maximum atomic E-state index is 9.84. The molecule has 0 saturated heterocycles. The minimum absolute atomic E-state index is 0.181. The van der Waals surface area contributed by atoms with Crippen LogP contribution in [0.25, 0.3) is 0 Å². The second-order valence-electron chi connectivity index (χ2n) is 4.23. The SMILES string of the molecule is CCCCCCCC=O.CNc1ccccc1.O=CNO. The van der Waals surface area contributed by atoms with Crippen molar-refractivity contribution in [1.82, 2.24) is 5.48 Å². The monoisotopic (exact) mass is 296 g/mol. The molecule has 1 aromatic carbocycles. The summed E-state index contributed by atoms with van der Waals surface area (Å²) >= 11 is 0. The Hall–Kier alpha value is -1.88. The Kier molecular flexibility index (Phi) is 20.8. The standard InChI is InChI=1S/C8H16O.C7H9N.CH3NO2/c1-2-3-4-5-6-7-8-9;1-8-7-5-3-2-4-6-7;3-1-2-4/h8H,2-7H2,1H3;2-6,8H,1H3;1,4H,(H,2,3). The van der Waals surface area contributed by atoms with Gasteiger partial charge < -0.3 is 10.1 Å². The van der Waals surface area contributed by atoms with Gasteiger partial charge in [0.15, 0.2) is 0 Å². The highest BCUT2D eigenvalue weighted by molar-refractivity contribution is 5.48. The van der Waals surface area contributed by atoms with Gasteiger partial charge in [0.05, 0.1) is 0 Å². The van der Waals surface area contributed by atoms with Gasteiger partial charge in [-0.15, -0.1) is 0 Å². The largest absolute Gasteiger partial charge is 0.388 e. The lowest BCUT2D eigenvalue weighted by Crippen LogP contribution is -1.99. The molecule has 1 rings (SSSR count). The third kappa shape index (κ3) is 20.6. The molecule has 0 aliphatic carbocycles. The van der Waals surface area contributed by atoms with Crippen molar-refractivity contribution in [1.29, 1.82) is 0 Å². The molecule has 5 nitrogen and oxygen atoms in total. The summed E-state index contributed by atoms with van der Waals surface area (Å²) in [6.07, 6.45) is 8.15. The maximum Gasteiger partial charge on any atom is 0.230 e. The Labute approximate surface area is 127 Å². The summed E-state index contributed by atoms with van der Waals surface area (Å²) in [6, 6.07) is 10.1. The first-order valence-electron chi connectivity index (χ1n) is 7.26. The molecular formula is C16H28N2O3. The van der Waals surface area contributed by atoms with Crippen molar-refractivity contribution in [3.63, 3.8) is 0 Å². The van der Waals surface area contributed by atoms with Crippen LogP contribution >= 0.6 is 0 Å². The molecule has 1 aromatic rings. The quantitative estimate of drug-likeness (QED) is 0.297. The normalized spacial score (nSPS) is 8.33. The Morgan fingerprint density at radius 2 is 1.62 bits per heavy atom. The molecule has 0 heterocycles. The van der Waals surface area contributed by atoms with Gasteiger partial charge in [0.2, 0.25) is 6.41 Å². The van der Waals surface area contributed by atoms with E-state index in [2.05, 4.69) is 12.2 Å². The number of benzene rings is 1. The van der Waals surface area contributed by atoms with Crippen molar-refractivity contribution in [2.45, 2.75) is 45.4 Å². The van der Waals surface area contributed by atoms with Crippen LogP contribution in [0.15, 0.2) is 30.3 Å². The number of hydrogen-bond acceptors (Lipinski definition) is 4. The van der Waals surface area contributed by atoms with E-state index < -0.39 is 0 Å². The summed E-state index contributed by atoms with van der Waals surface area (Å²) < 4.78 is 0. The average Bonchev–Trinajstić information content (AvgIpc) is 2.56. The van der Waals surface area contributed by atoms with Crippen LogP contribution in [-0.2, 0) is 9.59 Å². The van der Waals surface area contributed by atoms with Crippen molar-refractivity contribution in [3.05, 3.63) is 30.3 Å². The topological polar surface area (TPSA) is 78.4 Å². The summed E-state index contributed by atoms with van der Waals surface area (Å²) in [5, 5.41) is 10.3.